The molecule has 5 nitrogen and oxygen atoms in total. The quantitative estimate of drug-likeness (QED) is 0.775. The van der Waals surface area contributed by atoms with E-state index >= 15 is 0 Å². The standard InChI is InChI=1S/C11H19N5/c1-10(12)9-15-5-7-16(8-6-15)11-13-3-2-4-14-11/h2-4,10H,5-9,12H2,1H3. The fourth-order valence-corrected chi connectivity index (χ4v) is 1.99. The molecule has 5 heteroatoms. The molecule has 1 aromatic rings. The average Bonchev–Trinajstić information content (AvgIpc) is 2.30. The lowest BCUT2D eigenvalue weighted by molar-refractivity contribution is 0.245. The number of piperazine rings is 1. The molecule has 0 amide bonds. The van der Waals surface area contributed by atoms with Crippen molar-refractivity contribution in [2.45, 2.75) is 13.0 Å². The summed E-state index contributed by atoms with van der Waals surface area (Å²) in [6.07, 6.45) is 3.58. The molecule has 0 spiro atoms. The van der Waals surface area contributed by atoms with Crippen molar-refractivity contribution in [3.05, 3.63) is 18.5 Å². The van der Waals surface area contributed by atoms with Gasteiger partial charge in [-0.15, -0.1) is 0 Å². The topological polar surface area (TPSA) is 58.3 Å². The van der Waals surface area contributed by atoms with E-state index in [0.29, 0.717) is 0 Å². The van der Waals surface area contributed by atoms with Crippen LogP contribution in [-0.2, 0) is 0 Å². The van der Waals surface area contributed by atoms with Crippen molar-refractivity contribution in [2.24, 2.45) is 5.73 Å². The second kappa shape index (κ2) is 5.23. The highest BCUT2D eigenvalue weighted by molar-refractivity contribution is 5.29. The molecule has 0 saturated carbocycles. The van der Waals surface area contributed by atoms with Crippen LogP contribution in [0.3, 0.4) is 0 Å². The Morgan fingerprint density at radius 2 is 1.88 bits per heavy atom. The Morgan fingerprint density at radius 3 is 2.44 bits per heavy atom. The summed E-state index contributed by atoms with van der Waals surface area (Å²) in [5.74, 6) is 0.836. The minimum Gasteiger partial charge on any atom is -0.338 e. The SMILES string of the molecule is CC(N)CN1CCN(c2ncccn2)CC1. The van der Waals surface area contributed by atoms with E-state index in [9.17, 15) is 0 Å². The van der Waals surface area contributed by atoms with Crippen molar-refractivity contribution in [1.29, 1.82) is 0 Å². The third-order valence-corrected chi connectivity index (χ3v) is 2.75. The second-order valence-electron chi connectivity index (χ2n) is 4.31. The number of aromatic nitrogens is 2. The molecule has 2 rings (SSSR count). The third-order valence-electron chi connectivity index (χ3n) is 2.75. The predicted octanol–water partition coefficient (Wildman–Crippen LogP) is -0.0542. The van der Waals surface area contributed by atoms with Crippen LogP contribution < -0.4 is 10.6 Å². The molecule has 0 aromatic carbocycles. The maximum atomic E-state index is 5.79. The van der Waals surface area contributed by atoms with Gasteiger partial charge in [0.15, 0.2) is 0 Å². The summed E-state index contributed by atoms with van der Waals surface area (Å²) in [5.41, 5.74) is 5.79. The van der Waals surface area contributed by atoms with E-state index in [1.807, 2.05) is 13.0 Å². The third kappa shape index (κ3) is 2.90. The highest BCUT2D eigenvalue weighted by Gasteiger charge is 2.18. The largest absolute Gasteiger partial charge is 0.338 e. The van der Waals surface area contributed by atoms with Crippen LogP contribution in [0, 0.1) is 0 Å². The van der Waals surface area contributed by atoms with Crippen LogP contribution in [0.2, 0.25) is 0 Å². The van der Waals surface area contributed by atoms with Gasteiger partial charge in [-0.2, -0.15) is 0 Å². The van der Waals surface area contributed by atoms with Gasteiger partial charge in [0.05, 0.1) is 0 Å². The average molecular weight is 221 g/mol. The van der Waals surface area contributed by atoms with E-state index < -0.39 is 0 Å². The Hall–Kier alpha value is -1.20. The molecule has 2 heterocycles. The number of anilines is 1. The van der Waals surface area contributed by atoms with Crippen LogP contribution in [0.4, 0.5) is 5.95 Å². The summed E-state index contributed by atoms with van der Waals surface area (Å²) in [6, 6.07) is 2.09. The summed E-state index contributed by atoms with van der Waals surface area (Å²) in [7, 11) is 0. The van der Waals surface area contributed by atoms with E-state index in [-0.39, 0.29) is 6.04 Å². The monoisotopic (exact) mass is 221 g/mol. The van der Waals surface area contributed by atoms with Gasteiger partial charge in [0.1, 0.15) is 0 Å². The lowest BCUT2D eigenvalue weighted by atomic mass is 10.2. The number of rotatable bonds is 3. The van der Waals surface area contributed by atoms with Gasteiger partial charge < -0.3 is 10.6 Å². The molecule has 16 heavy (non-hydrogen) atoms. The van der Waals surface area contributed by atoms with Gasteiger partial charge in [-0.1, -0.05) is 0 Å². The van der Waals surface area contributed by atoms with Gasteiger partial charge in [-0.05, 0) is 13.0 Å². The molecule has 88 valence electrons. The van der Waals surface area contributed by atoms with Crippen LogP contribution in [0.1, 0.15) is 6.92 Å². The van der Waals surface area contributed by atoms with Crippen molar-refractivity contribution in [3.8, 4) is 0 Å². The fraction of sp³-hybridized carbons (Fsp3) is 0.636. The van der Waals surface area contributed by atoms with Crippen LogP contribution in [0.15, 0.2) is 18.5 Å². The number of hydrogen-bond donors (Lipinski definition) is 1. The van der Waals surface area contributed by atoms with E-state index in [2.05, 4.69) is 19.8 Å². The first-order valence-electron chi connectivity index (χ1n) is 5.75. The van der Waals surface area contributed by atoms with Crippen molar-refractivity contribution < 1.29 is 0 Å². The molecule has 2 N–H and O–H groups in total. The van der Waals surface area contributed by atoms with Crippen molar-refractivity contribution in [2.75, 3.05) is 37.6 Å². The summed E-state index contributed by atoms with van der Waals surface area (Å²) in [4.78, 5) is 13.1. The van der Waals surface area contributed by atoms with Crippen molar-refractivity contribution >= 4 is 5.95 Å². The van der Waals surface area contributed by atoms with Crippen LogP contribution in [0.25, 0.3) is 0 Å². The maximum absolute atomic E-state index is 5.79. The van der Waals surface area contributed by atoms with Gasteiger partial charge in [0.25, 0.3) is 0 Å². The van der Waals surface area contributed by atoms with Crippen LogP contribution >= 0.6 is 0 Å². The molecule has 0 aliphatic carbocycles. The Bertz CT molecular complexity index is 305. The molecule has 1 aromatic heterocycles. The molecular formula is C11H19N5. The highest BCUT2D eigenvalue weighted by atomic mass is 15.3. The summed E-state index contributed by atoms with van der Waals surface area (Å²) in [5, 5.41) is 0. The zero-order valence-electron chi connectivity index (χ0n) is 9.71. The summed E-state index contributed by atoms with van der Waals surface area (Å²) in [6.45, 7) is 7.07. The van der Waals surface area contributed by atoms with E-state index in [4.69, 9.17) is 5.73 Å². The van der Waals surface area contributed by atoms with Gasteiger partial charge in [-0.3, -0.25) is 4.90 Å². The molecular weight excluding hydrogens is 202 g/mol. The normalized spacial score (nSPS) is 19.8. The predicted molar refractivity (Wildman–Crippen MR) is 64.3 cm³/mol. The van der Waals surface area contributed by atoms with Gasteiger partial charge >= 0.3 is 0 Å². The molecule has 0 radical (unpaired) electrons. The first-order chi connectivity index (χ1) is 7.75. The molecule has 1 atom stereocenters. The molecule has 1 saturated heterocycles. The van der Waals surface area contributed by atoms with Crippen LogP contribution in [0.5, 0.6) is 0 Å². The molecule has 0 bridgehead atoms. The maximum Gasteiger partial charge on any atom is 0.225 e. The number of hydrogen-bond acceptors (Lipinski definition) is 5. The Balaban J connectivity index is 1.86. The van der Waals surface area contributed by atoms with E-state index in [1.165, 1.54) is 0 Å². The highest BCUT2D eigenvalue weighted by Crippen LogP contribution is 2.09. The smallest absolute Gasteiger partial charge is 0.225 e. The zero-order chi connectivity index (χ0) is 11.4. The minimum atomic E-state index is 0.250. The lowest BCUT2D eigenvalue weighted by Gasteiger charge is -2.35. The van der Waals surface area contributed by atoms with Gasteiger partial charge in [0, 0.05) is 51.2 Å². The minimum absolute atomic E-state index is 0.250. The lowest BCUT2D eigenvalue weighted by Crippen LogP contribution is -2.49. The van der Waals surface area contributed by atoms with Crippen molar-refractivity contribution in [3.63, 3.8) is 0 Å². The zero-order valence-corrected chi connectivity index (χ0v) is 9.71. The molecule has 1 aliphatic rings. The van der Waals surface area contributed by atoms with Gasteiger partial charge in [0.2, 0.25) is 5.95 Å². The van der Waals surface area contributed by atoms with E-state index in [0.717, 1.165) is 38.7 Å². The fourth-order valence-electron chi connectivity index (χ4n) is 1.99. The Kier molecular flexibility index (Phi) is 3.69. The number of nitrogens with two attached hydrogens (primary N) is 1. The molecule has 1 unspecified atom stereocenters. The van der Waals surface area contributed by atoms with E-state index in [1.54, 1.807) is 12.4 Å². The van der Waals surface area contributed by atoms with Crippen LogP contribution in [-0.4, -0.2) is 53.6 Å². The number of nitrogens with zero attached hydrogens (tertiary/aromatic N) is 4. The molecule has 1 aliphatic heterocycles. The first kappa shape index (κ1) is 11.3. The second-order valence-corrected chi connectivity index (χ2v) is 4.31. The Labute approximate surface area is 96.3 Å². The first-order valence-corrected chi connectivity index (χ1v) is 5.75. The molecule has 1 fully saturated rings. The summed E-state index contributed by atoms with van der Waals surface area (Å²) < 4.78 is 0. The Morgan fingerprint density at radius 1 is 1.25 bits per heavy atom. The van der Waals surface area contributed by atoms with Gasteiger partial charge in [-0.25, -0.2) is 9.97 Å². The van der Waals surface area contributed by atoms with Crippen molar-refractivity contribution in [1.82, 2.24) is 14.9 Å². The summed E-state index contributed by atoms with van der Waals surface area (Å²) >= 11 is 0.